The number of ether oxygens (including phenoxy) is 1. The number of primary amides is 1. The summed E-state index contributed by atoms with van der Waals surface area (Å²) >= 11 is 0. The van der Waals surface area contributed by atoms with Gasteiger partial charge in [-0.15, -0.1) is 0 Å². The molecular weight excluding hydrogens is 532 g/mol. The number of amides is 1. The molecule has 3 aliphatic carbocycles. The van der Waals surface area contributed by atoms with Gasteiger partial charge < -0.3 is 20.7 Å². The highest BCUT2D eigenvalue weighted by molar-refractivity contribution is 6.32. The lowest BCUT2D eigenvalue weighted by Gasteiger charge is -2.56. The standard InChI is InChI=1S/C30H30N2O9/c1-13-15-10-7-11-16(33)19(15)24(35)20-18(13)26(41-17(34)12-14-8-5-4-6-9-14)22-23(32(2)3)25(36)21(29(31)39)28(38)30(22,40)27(20)37/h4-11,13,18,20-23,26,33,40H,12H2,1-3H3,(H2,31,39)/t13-,18+,20?,21?,22+,23?,26-,30-/m0/s1. The number of aromatic hydroxyl groups is 1. The predicted octanol–water partition coefficient (Wildman–Crippen LogP) is 0.192. The van der Waals surface area contributed by atoms with Crippen LogP contribution in [0.15, 0.2) is 48.5 Å². The Labute approximate surface area is 235 Å². The first-order valence-electron chi connectivity index (χ1n) is 13.2. The lowest BCUT2D eigenvalue weighted by atomic mass is 9.49. The molecule has 0 aromatic heterocycles. The minimum absolute atomic E-state index is 0.138. The van der Waals surface area contributed by atoms with E-state index < -0.39 is 82.3 Å². The van der Waals surface area contributed by atoms with Gasteiger partial charge in [0.15, 0.2) is 34.7 Å². The smallest absolute Gasteiger partial charge is 0.310 e. The van der Waals surface area contributed by atoms with Crippen molar-refractivity contribution >= 4 is 35.0 Å². The summed E-state index contributed by atoms with van der Waals surface area (Å²) < 4.78 is 5.97. The maximum absolute atomic E-state index is 14.2. The van der Waals surface area contributed by atoms with Gasteiger partial charge >= 0.3 is 5.97 Å². The second-order valence-electron chi connectivity index (χ2n) is 11.2. The highest BCUT2D eigenvalue weighted by atomic mass is 16.5. The zero-order valence-corrected chi connectivity index (χ0v) is 22.6. The van der Waals surface area contributed by atoms with Crippen LogP contribution in [-0.4, -0.2) is 82.0 Å². The van der Waals surface area contributed by atoms with Crippen LogP contribution in [0.25, 0.3) is 0 Å². The summed E-state index contributed by atoms with van der Waals surface area (Å²) in [6.07, 6.45) is -1.69. The second-order valence-corrected chi connectivity index (χ2v) is 11.2. The second kappa shape index (κ2) is 10.0. The maximum Gasteiger partial charge on any atom is 0.310 e. The van der Waals surface area contributed by atoms with Crippen molar-refractivity contribution in [1.82, 2.24) is 4.90 Å². The van der Waals surface area contributed by atoms with Crippen LogP contribution in [0.4, 0.5) is 0 Å². The van der Waals surface area contributed by atoms with Gasteiger partial charge in [-0.2, -0.15) is 0 Å². The van der Waals surface area contributed by atoms with Crippen LogP contribution in [0.3, 0.4) is 0 Å². The van der Waals surface area contributed by atoms with Gasteiger partial charge in [0.05, 0.1) is 29.9 Å². The molecule has 0 aliphatic heterocycles. The molecule has 214 valence electrons. The Morgan fingerprint density at radius 1 is 1.00 bits per heavy atom. The number of hydrogen-bond acceptors (Lipinski definition) is 10. The highest BCUT2D eigenvalue weighted by Crippen LogP contribution is 2.55. The fourth-order valence-electron chi connectivity index (χ4n) is 7.02. The van der Waals surface area contributed by atoms with Crippen LogP contribution < -0.4 is 5.73 Å². The zero-order valence-electron chi connectivity index (χ0n) is 22.6. The van der Waals surface area contributed by atoms with Gasteiger partial charge in [-0.05, 0) is 37.2 Å². The number of phenolic OH excluding ortho intramolecular Hbond substituents is 1. The van der Waals surface area contributed by atoms with E-state index in [0.717, 1.165) is 0 Å². The number of carbonyl (C=O) groups excluding carboxylic acids is 6. The fraction of sp³-hybridized carbons (Fsp3) is 0.400. The van der Waals surface area contributed by atoms with Crippen LogP contribution in [0, 0.1) is 23.7 Å². The number of benzene rings is 2. The van der Waals surface area contributed by atoms with E-state index in [2.05, 4.69) is 0 Å². The lowest BCUT2D eigenvalue weighted by molar-refractivity contribution is -0.205. The van der Waals surface area contributed by atoms with Crippen LogP contribution in [0.5, 0.6) is 5.75 Å². The molecule has 2 saturated carbocycles. The van der Waals surface area contributed by atoms with E-state index in [9.17, 15) is 39.0 Å². The molecular formula is C30H30N2O9. The van der Waals surface area contributed by atoms with Crippen LogP contribution in [-0.2, 0) is 35.1 Å². The van der Waals surface area contributed by atoms with Crippen molar-refractivity contribution in [1.29, 1.82) is 0 Å². The van der Waals surface area contributed by atoms with Gasteiger partial charge in [-0.3, -0.25) is 33.7 Å². The number of Topliss-reactive ketones (excluding diaryl/α,β-unsaturated/α-hetero) is 4. The molecule has 11 nitrogen and oxygen atoms in total. The number of hydrogen-bond donors (Lipinski definition) is 3. The van der Waals surface area contributed by atoms with Gasteiger partial charge in [0.25, 0.3) is 0 Å². The number of aliphatic hydroxyl groups is 1. The van der Waals surface area contributed by atoms with Crippen LogP contribution in [0.1, 0.15) is 34.3 Å². The number of rotatable bonds is 5. The monoisotopic (exact) mass is 562 g/mol. The summed E-state index contributed by atoms with van der Waals surface area (Å²) in [6.45, 7) is 1.68. The number of ketones is 4. The number of nitrogens with zero attached hydrogens (tertiary/aromatic N) is 1. The quantitative estimate of drug-likeness (QED) is 0.336. The molecule has 0 bridgehead atoms. The third-order valence-electron chi connectivity index (χ3n) is 8.78. The molecule has 3 unspecified atom stereocenters. The average molecular weight is 563 g/mol. The van der Waals surface area contributed by atoms with E-state index in [1.807, 2.05) is 0 Å². The Hall–Kier alpha value is -4.22. The van der Waals surface area contributed by atoms with E-state index in [4.69, 9.17) is 10.5 Å². The summed E-state index contributed by atoms with van der Waals surface area (Å²) in [5.74, 6) is -14.3. The van der Waals surface area contributed by atoms with Crippen molar-refractivity contribution in [3.05, 3.63) is 65.2 Å². The maximum atomic E-state index is 14.2. The highest BCUT2D eigenvalue weighted by Gasteiger charge is 2.74. The summed E-state index contributed by atoms with van der Waals surface area (Å²) in [5, 5.41) is 22.6. The molecule has 0 saturated heterocycles. The first-order valence-corrected chi connectivity index (χ1v) is 13.2. The van der Waals surface area contributed by atoms with Gasteiger partial charge in [0, 0.05) is 5.92 Å². The van der Waals surface area contributed by atoms with Crippen molar-refractivity contribution in [3.8, 4) is 5.75 Å². The van der Waals surface area contributed by atoms with Crippen molar-refractivity contribution in [2.75, 3.05) is 14.1 Å². The summed E-state index contributed by atoms with van der Waals surface area (Å²) in [7, 11) is 2.91. The normalized spacial score (nSPS) is 32.7. The molecule has 41 heavy (non-hydrogen) atoms. The number of carbonyl (C=O) groups is 6. The molecule has 5 rings (SSSR count). The molecule has 0 heterocycles. The summed E-state index contributed by atoms with van der Waals surface area (Å²) in [5.41, 5.74) is 3.20. The summed E-state index contributed by atoms with van der Waals surface area (Å²) in [4.78, 5) is 82.3. The Morgan fingerprint density at radius 2 is 1.66 bits per heavy atom. The molecule has 1 amide bonds. The molecule has 3 aliphatic rings. The van der Waals surface area contributed by atoms with E-state index in [0.29, 0.717) is 11.1 Å². The van der Waals surface area contributed by atoms with Gasteiger partial charge in [0.2, 0.25) is 5.91 Å². The Balaban J connectivity index is 1.72. The molecule has 2 aromatic carbocycles. The molecule has 2 fully saturated rings. The fourth-order valence-corrected chi connectivity index (χ4v) is 7.02. The van der Waals surface area contributed by atoms with E-state index in [-0.39, 0.29) is 17.7 Å². The largest absolute Gasteiger partial charge is 0.507 e. The number of esters is 1. The number of phenols is 1. The molecule has 2 aromatic rings. The Kier molecular flexibility index (Phi) is 6.91. The number of nitrogens with two attached hydrogens (primary N) is 1. The molecule has 4 N–H and O–H groups in total. The van der Waals surface area contributed by atoms with Crippen molar-refractivity contribution in [3.63, 3.8) is 0 Å². The topological polar surface area (TPSA) is 181 Å². The van der Waals surface area contributed by atoms with Crippen molar-refractivity contribution < 1.29 is 43.7 Å². The van der Waals surface area contributed by atoms with Gasteiger partial charge in [-0.25, -0.2) is 0 Å². The van der Waals surface area contributed by atoms with Crippen molar-refractivity contribution in [2.45, 2.75) is 37.0 Å². The zero-order chi connectivity index (χ0) is 30.0. The van der Waals surface area contributed by atoms with Crippen molar-refractivity contribution in [2.24, 2.45) is 29.4 Å². The third kappa shape index (κ3) is 4.10. The molecule has 0 spiro atoms. The number of likely N-dealkylation sites (N-methyl/N-ethyl adjacent to an activating group) is 1. The van der Waals surface area contributed by atoms with E-state index >= 15 is 0 Å². The minimum Gasteiger partial charge on any atom is -0.507 e. The minimum atomic E-state index is -3.06. The third-order valence-corrected chi connectivity index (χ3v) is 8.78. The van der Waals surface area contributed by atoms with Crippen LogP contribution in [0.2, 0.25) is 0 Å². The average Bonchev–Trinajstić information content (AvgIpc) is 2.90. The van der Waals surface area contributed by atoms with E-state index in [1.54, 1.807) is 43.3 Å². The summed E-state index contributed by atoms with van der Waals surface area (Å²) in [6, 6.07) is 11.6. The SMILES string of the molecule is C[C@H]1c2cccc(O)c2C(=O)C2C(=O)[C@]3(O)C(=O)C(C(N)=O)C(=O)C(N(C)C)[C@@H]3[C@@H](OC(=O)Cc3ccccc3)[C@@H]21. The Bertz CT molecular complexity index is 1490. The van der Waals surface area contributed by atoms with E-state index in [1.165, 1.54) is 31.1 Å². The molecule has 0 radical (unpaired) electrons. The molecule has 8 atom stereocenters. The first kappa shape index (κ1) is 28.3. The Morgan fingerprint density at radius 3 is 2.27 bits per heavy atom. The lowest BCUT2D eigenvalue weighted by Crippen LogP contribution is -2.78. The van der Waals surface area contributed by atoms with Gasteiger partial charge in [-0.1, -0.05) is 49.4 Å². The predicted molar refractivity (Wildman–Crippen MR) is 141 cm³/mol. The van der Waals surface area contributed by atoms with Crippen LogP contribution >= 0.6 is 0 Å². The van der Waals surface area contributed by atoms with Gasteiger partial charge in [0.1, 0.15) is 11.9 Å². The molecule has 11 heteroatoms. The first-order chi connectivity index (χ1) is 19.3. The number of fused-ring (bicyclic) bond motifs is 3.